The zero-order chi connectivity index (χ0) is 41.9. The number of carboxylic acids is 1. The van der Waals surface area contributed by atoms with Gasteiger partial charge in [-0.25, -0.2) is 4.79 Å². The molecule has 54 heavy (non-hydrogen) atoms. The second kappa shape index (κ2) is 24.5. The summed E-state index contributed by atoms with van der Waals surface area (Å²) >= 11 is 0. The first-order valence-electron chi connectivity index (χ1n) is 18.0. The van der Waals surface area contributed by atoms with Crippen molar-refractivity contribution >= 4 is 53.2 Å². The van der Waals surface area contributed by atoms with Crippen LogP contribution in [0.3, 0.4) is 0 Å². The third kappa shape index (κ3) is 18.3. The minimum Gasteiger partial charge on any atom is -0.480 e. The van der Waals surface area contributed by atoms with Crippen molar-refractivity contribution in [3.63, 3.8) is 0 Å². The van der Waals surface area contributed by atoms with Gasteiger partial charge < -0.3 is 58.9 Å². The van der Waals surface area contributed by atoms with Crippen LogP contribution in [0.1, 0.15) is 81.1 Å². The molecule has 0 fully saturated rings. The zero-order valence-electron chi connectivity index (χ0n) is 32.4. The molecule has 0 aromatic rings. The van der Waals surface area contributed by atoms with Gasteiger partial charge in [0.15, 0.2) is 0 Å². The number of aliphatic hydroxyl groups is 1. The fourth-order valence-electron chi connectivity index (χ4n) is 5.06. The highest BCUT2D eigenvalue weighted by atomic mass is 16.4. The molecule has 0 aliphatic carbocycles. The van der Waals surface area contributed by atoms with E-state index in [2.05, 4.69) is 37.2 Å². The van der Waals surface area contributed by atoms with Gasteiger partial charge in [0.2, 0.25) is 47.3 Å². The fourth-order valence-corrected chi connectivity index (χ4v) is 5.06. The minimum atomic E-state index is -1.68. The van der Waals surface area contributed by atoms with Gasteiger partial charge >= 0.3 is 5.97 Å². The quantitative estimate of drug-likeness (QED) is 0.0435. The third-order valence-corrected chi connectivity index (χ3v) is 8.20. The van der Waals surface area contributed by atoms with Crippen molar-refractivity contribution in [3.05, 3.63) is 0 Å². The van der Waals surface area contributed by atoms with Crippen LogP contribution >= 0.6 is 0 Å². The van der Waals surface area contributed by atoms with E-state index >= 15 is 0 Å². The highest BCUT2D eigenvalue weighted by Gasteiger charge is 2.34. The van der Waals surface area contributed by atoms with Crippen LogP contribution in [0.5, 0.6) is 0 Å². The van der Waals surface area contributed by atoms with Crippen LogP contribution in [0, 0.1) is 23.7 Å². The van der Waals surface area contributed by atoms with Crippen molar-refractivity contribution in [2.24, 2.45) is 35.1 Å². The lowest BCUT2D eigenvalue weighted by Crippen LogP contribution is -2.61. The lowest BCUT2D eigenvalue weighted by molar-refractivity contribution is -0.143. The Morgan fingerprint density at radius 2 is 1.07 bits per heavy atom. The number of carbonyl (C=O) groups excluding carboxylic acids is 8. The normalized spacial score (nSPS) is 15.1. The van der Waals surface area contributed by atoms with E-state index < -0.39 is 121 Å². The Morgan fingerprint density at radius 3 is 1.52 bits per heavy atom. The van der Waals surface area contributed by atoms with Crippen molar-refractivity contribution in [2.45, 2.75) is 117 Å². The summed E-state index contributed by atoms with van der Waals surface area (Å²) in [5.41, 5.74) is 10.7. The molecule has 20 heteroatoms. The molecule has 308 valence electrons. The number of aliphatic hydroxyl groups excluding tert-OH is 1. The van der Waals surface area contributed by atoms with Gasteiger partial charge in [0.1, 0.15) is 36.3 Å². The zero-order valence-corrected chi connectivity index (χ0v) is 32.4. The van der Waals surface area contributed by atoms with Crippen LogP contribution in [0.15, 0.2) is 0 Å². The molecule has 0 heterocycles. The van der Waals surface area contributed by atoms with Crippen molar-refractivity contribution in [2.75, 3.05) is 19.7 Å². The Morgan fingerprint density at radius 1 is 0.593 bits per heavy atom. The number of carboxylic acid groups (broad SMARTS) is 1. The Balaban J connectivity index is 5.90. The van der Waals surface area contributed by atoms with E-state index in [-0.39, 0.29) is 31.2 Å². The molecule has 20 nitrogen and oxygen atoms in total. The summed E-state index contributed by atoms with van der Waals surface area (Å²) in [7, 11) is 0. The van der Waals surface area contributed by atoms with E-state index in [0.29, 0.717) is 6.42 Å². The second-order valence-corrected chi connectivity index (χ2v) is 14.3. The number of hydrogen-bond donors (Lipinski definition) is 11. The predicted molar refractivity (Wildman–Crippen MR) is 195 cm³/mol. The lowest BCUT2D eigenvalue weighted by Gasteiger charge is -2.28. The molecule has 0 unspecified atom stereocenters. The van der Waals surface area contributed by atoms with Gasteiger partial charge in [0.05, 0.1) is 26.1 Å². The van der Waals surface area contributed by atoms with Crippen LogP contribution in [-0.2, 0) is 43.2 Å². The van der Waals surface area contributed by atoms with Gasteiger partial charge in [-0.3, -0.25) is 38.4 Å². The largest absolute Gasteiger partial charge is 0.480 e. The van der Waals surface area contributed by atoms with Gasteiger partial charge in [-0.1, -0.05) is 61.8 Å². The molecule has 0 aliphatic rings. The maximum Gasteiger partial charge on any atom is 0.326 e. The van der Waals surface area contributed by atoms with Gasteiger partial charge in [-0.05, 0) is 36.5 Å². The van der Waals surface area contributed by atoms with Crippen LogP contribution in [-0.4, -0.2) is 119 Å². The van der Waals surface area contributed by atoms with Crippen molar-refractivity contribution in [1.29, 1.82) is 0 Å². The van der Waals surface area contributed by atoms with E-state index in [4.69, 9.17) is 11.5 Å². The molecule has 0 spiro atoms. The number of rotatable bonds is 25. The molecule has 0 saturated heterocycles. The molecule has 0 aromatic carbocycles. The highest BCUT2D eigenvalue weighted by molar-refractivity contribution is 5.98. The van der Waals surface area contributed by atoms with Crippen LogP contribution in [0.4, 0.5) is 0 Å². The summed E-state index contributed by atoms with van der Waals surface area (Å²) in [5.74, 6) is -9.27. The summed E-state index contributed by atoms with van der Waals surface area (Å²) in [6, 6.07) is -8.08. The molecule has 0 aliphatic heterocycles. The average Bonchev–Trinajstić information content (AvgIpc) is 3.08. The summed E-state index contributed by atoms with van der Waals surface area (Å²) in [6.07, 6.45) is 0.00103. The summed E-state index contributed by atoms with van der Waals surface area (Å²) in [4.78, 5) is 114. The standard InChI is InChI=1S/C34H61N9O11/c1-9-19(8)28(34(53)54)42-26(47)14-37-29(48)20(10-16(2)3)39-30(49)22(12-24(36)45)40-32(51)23(15-44)41-33(52)27(18(6)7)43-31(50)21(11-17(4)5)38-25(46)13-35/h16-23,27-28,44H,9-15,35H2,1-8H3,(H2,36,45)(H,37,48)(H,38,46)(H,39,49)(H,40,51)(H,41,52)(H,42,47)(H,43,50)(H,53,54)/t19-,20-,21-,22-,23-,27-,28-/m0/s1. The SMILES string of the molecule is CC[C@H](C)[C@H](NC(=O)CNC(=O)[C@H](CC(C)C)NC(=O)[C@H](CC(N)=O)NC(=O)[C@H](CO)NC(=O)[C@@H](NC(=O)[C@H](CC(C)C)NC(=O)CN)C(C)C)C(=O)O. The van der Waals surface area contributed by atoms with Crippen molar-refractivity contribution in [3.8, 4) is 0 Å². The number of amides is 8. The number of aliphatic carboxylic acids is 1. The Labute approximate surface area is 315 Å². The van der Waals surface area contributed by atoms with Gasteiger partial charge in [-0.2, -0.15) is 0 Å². The average molecular weight is 772 g/mol. The van der Waals surface area contributed by atoms with E-state index in [1.165, 1.54) is 0 Å². The topological polar surface area (TPSA) is 330 Å². The van der Waals surface area contributed by atoms with Crippen LogP contribution in [0.25, 0.3) is 0 Å². The predicted octanol–water partition coefficient (Wildman–Crippen LogP) is -3.28. The summed E-state index contributed by atoms with van der Waals surface area (Å²) < 4.78 is 0. The number of carbonyl (C=O) groups is 9. The Bertz CT molecular complexity index is 1330. The van der Waals surface area contributed by atoms with E-state index in [9.17, 15) is 53.4 Å². The van der Waals surface area contributed by atoms with Crippen LogP contribution in [0.2, 0.25) is 0 Å². The molecule has 0 rings (SSSR count). The first-order valence-corrected chi connectivity index (χ1v) is 18.0. The number of primary amides is 1. The van der Waals surface area contributed by atoms with E-state index in [1.807, 2.05) is 13.8 Å². The fraction of sp³-hybridized carbons (Fsp3) is 0.735. The van der Waals surface area contributed by atoms with Gasteiger partial charge in [-0.15, -0.1) is 0 Å². The molecular formula is C34H61N9O11. The summed E-state index contributed by atoms with van der Waals surface area (Å²) in [5, 5.41) is 36.2. The molecular weight excluding hydrogens is 710 g/mol. The maximum atomic E-state index is 13.4. The molecule has 0 aromatic heterocycles. The molecule has 7 atom stereocenters. The second-order valence-electron chi connectivity index (χ2n) is 14.3. The molecule has 0 bridgehead atoms. The molecule has 13 N–H and O–H groups in total. The lowest BCUT2D eigenvalue weighted by atomic mass is 9.99. The molecule has 0 radical (unpaired) electrons. The van der Waals surface area contributed by atoms with E-state index in [1.54, 1.807) is 41.5 Å². The van der Waals surface area contributed by atoms with Gasteiger partial charge in [0, 0.05) is 0 Å². The number of nitrogens with two attached hydrogens (primary N) is 2. The van der Waals surface area contributed by atoms with Crippen molar-refractivity contribution < 1.29 is 53.4 Å². The van der Waals surface area contributed by atoms with Crippen molar-refractivity contribution in [1.82, 2.24) is 37.2 Å². The number of nitrogens with one attached hydrogen (secondary N) is 7. The van der Waals surface area contributed by atoms with Gasteiger partial charge in [0.25, 0.3) is 0 Å². The molecule has 8 amide bonds. The molecule has 0 saturated carbocycles. The monoisotopic (exact) mass is 771 g/mol. The first kappa shape index (κ1) is 49.1. The minimum absolute atomic E-state index is 0.0207. The summed E-state index contributed by atoms with van der Waals surface area (Å²) in [6.45, 7) is 11.8. The highest BCUT2D eigenvalue weighted by Crippen LogP contribution is 2.10. The Hall–Kier alpha value is -4.85. The smallest absolute Gasteiger partial charge is 0.326 e. The van der Waals surface area contributed by atoms with E-state index in [0.717, 1.165) is 0 Å². The Kier molecular flexibility index (Phi) is 22.3. The van der Waals surface area contributed by atoms with Crippen LogP contribution < -0.4 is 48.7 Å². The first-order chi connectivity index (χ1) is 25.1. The maximum absolute atomic E-state index is 13.4. The number of hydrogen-bond acceptors (Lipinski definition) is 11. The third-order valence-electron chi connectivity index (χ3n) is 8.20.